The molecule has 0 fully saturated rings. The van der Waals surface area contributed by atoms with Crippen molar-refractivity contribution in [1.82, 2.24) is 0 Å². The number of oxime groups is 1. The van der Waals surface area contributed by atoms with Gasteiger partial charge in [-0.3, -0.25) is 4.79 Å². The van der Waals surface area contributed by atoms with Gasteiger partial charge in [0.05, 0.1) is 17.7 Å². The van der Waals surface area contributed by atoms with Crippen molar-refractivity contribution in [3.63, 3.8) is 0 Å². The Hall–Kier alpha value is -3.10. The van der Waals surface area contributed by atoms with E-state index in [2.05, 4.69) is 5.16 Å². The SMILES string of the molecule is CC/C=C(/C=O)c1cccc(C)c1CO/N=C(\CC(F)(F)F)c1cccc(C(F)(F)F)c1. The number of alkyl halides is 6. The van der Waals surface area contributed by atoms with Gasteiger partial charge in [0, 0.05) is 16.7 Å². The molecule has 0 radical (unpaired) electrons. The van der Waals surface area contributed by atoms with Crippen LogP contribution in [0.4, 0.5) is 26.3 Å². The minimum absolute atomic E-state index is 0.267. The highest BCUT2D eigenvalue weighted by atomic mass is 19.4. The van der Waals surface area contributed by atoms with Gasteiger partial charge in [0.25, 0.3) is 0 Å². The van der Waals surface area contributed by atoms with Crippen molar-refractivity contribution in [3.8, 4) is 0 Å². The number of aldehydes is 1. The van der Waals surface area contributed by atoms with Crippen LogP contribution in [0.2, 0.25) is 0 Å². The number of carbonyl (C=O) groups is 1. The molecular formula is C23H21F6NO2. The Bertz CT molecular complexity index is 1010. The van der Waals surface area contributed by atoms with E-state index in [1.165, 1.54) is 0 Å². The molecule has 2 aromatic rings. The smallest absolute Gasteiger partial charge is 0.391 e. The monoisotopic (exact) mass is 457 g/mol. The molecule has 0 aliphatic heterocycles. The first kappa shape index (κ1) is 25.2. The number of hydrogen-bond acceptors (Lipinski definition) is 3. The van der Waals surface area contributed by atoms with Crippen molar-refractivity contribution in [3.05, 3.63) is 76.4 Å². The summed E-state index contributed by atoms with van der Waals surface area (Å²) in [7, 11) is 0. The van der Waals surface area contributed by atoms with Crippen molar-refractivity contribution < 1.29 is 36.0 Å². The van der Waals surface area contributed by atoms with Crippen LogP contribution in [-0.4, -0.2) is 18.2 Å². The molecule has 2 aromatic carbocycles. The first-order valence-corrected chi connectivity index (χ1v) is 9.63. The number of carbonyl (C=O) groups excluding carboxylic acids is 1. The Labute approximate surface area is 181 Å². The van der Waals surface area contributed by atoms with E-state index in [0.29, 0.717) is 35.5 Å². The summed E-state index contributed by atoms with van der Waals surface area (Å²) in [5, 5.41) is 3.53. The molecule has 9 heteroatoms. The number of nitrogens with zero attached hydrogens (tertiary/aromatic N) is 1. The fraction of sp³-hybridized carbons (Fsp3) is 0.304. The van der Waals surface area contributed by atoms with E-state index in [9.17, 15) is 31.1 Å². The third-order valence-corrected chi connectivity index (χ3v) is 4.55. The summed E-state index contributed by atoms with van der Waals surface area (Å²) in [4.78, 5) is 16.6. The molecule has 0 saturated carbocycles. The van der Waals surface area contributed by atoms with Crippen LogP contribution >= 0.6 is 0 Å². The minimum Gasteiger partial charge on any atom is -0.391 e. The van der Waals surface area contributed by atoms with Crippen LogP contribution in [0.15, 0.2) is 53.7 Å². The van der Waals surface area contributed by atoms with Crippen LogP contribution in [-0.2, 0) is 22.4 Å². The zero-order chi connectivity index (χ0) is 23.9. The Morgan fingerprint density at radius 3 is 2.34 bits per heavy atom. The highest BCUT2D eigenvalue weighted by molar-refractivity contribution is 6.07. The van der Waals surface area contributed by atoms with Crippen LogP contribution in [0.1, 0.15) is 47.6 Å². The molecule has 3 nitrogen and oxygen atoms in total. The fourth-order valence-corrected chi connectivity index (χ4v) is 3.03. The predicted octanol–water partition coefficient (Wildman–Crippen LogP) is 6.88. The first-order valence-electron chi connectivity index (χ1n) is 9.63. The van der Waals surface area contributed by atoms with Gasteiger partial charge in [-0.2, -0.15) is 26.3 Å². The Kier molecular flexibility index (Phi) is 8.24. The highest BCUT2D eigenvalue weighted by Crippen LogP contribution is 2.31. The molecule has 2 rings (SSSR count). The summed E-state index contributed by atoms with van der Waals surface area (Å²) >= 11 is 0. The molecular weight excluding hydrogens is 436 g/mol. The van der Waals surface area contributed by atoms with E-state index in [0.717, 1.165) is 23.8 Å². The van der Waals surface area contributed by atoms with Gasteiger partial charge in [-0.15, -0.1) is 0 Å². The second-order valence-electron chi connectivity index (χ2n) is 6.97. The van der Waals surface area contributed by atoms with Crippen LogP contribution in [0.5, 0.6) is 0 Å². The quantitative estimate of drug-likeness (QED) is 0.143. The fourth-order valence-electron chi connectivity index (χ4n) is 3.03. The summed E-state index contributed by atoms with van der Waals surface area (Å²) in [6.45, 7) is 3.32. The molecule has 0 N–H and O–H groups in total. The lowest BCUT2D eigenvalue weighted by Gasteiger charge is -2.14. The van der Waals surface area contributed by atoms with Gasteiger partial charge in [-0.25, -0.2) is 0 Å². The van der Waals surface area contributed by atoms with Gasteiger partial charge in [0.15, 0.2) is 0 Å². The van der Waals surface area contributed by atoms with Gasteiger partial charge in [0.2, 0.25) is 0 Å². The largest absolute Gasteiger partial charge is 0.416 e. The van der Waals surface area contributed by atoms with Crippen molar-refractivity contribution >= 4 is 17.6 Å². The van der Waals surface area contributed by atoms with E-state index < -0.39 is 30.0 Å². The Morgan fingerprint density at radius 1 is 1.06 bits per heavy atom. The minimum atomic E-state index is -4.72. The lowest BCUT2D eigenvalue weighted by atomic mass is 9.96. The molecule has 0 aliphatic rings. The third kappa shape index (κ3) is 6.96. The van der Waals surface area contributed by atoms with E-state index in [-0.39, 0.29) is 12.2 Å². The van der Waals surface area contributed by atoms with Gasteiger partial charge in [-0.1, -0.05) is 48.5 Å². The second-order valence-corrected chi connectivity index (χ2v) is 6.97. The number of aryl methyl sites for hydroxylation is 1. The molecule has 0 saturated heterocycles. The Morgan fingerprint density at radius 2 is 1.75 bits per heavy atom. The standard InChI is InChI=1S/C23H21F6NO2/c1-3-6-17(13-31)19-10-4-7-15(2)20(19)14-32-30-21(12-22(24,25)26)16-8-5-9-18(11-16)23(27,28)29/h4-11,13H,3,12,14H2,1-2H3/b17-6-,30-21+. The average Bonchev–Trinajstić information content (AvgIpc) is 2.71. The highest BCUT2D eigenvalue weighted by Gasteiger charge is 2.33. The summed E-state index contributed by atoms with van der Waals surface area (Å²) in [5.41, 5.74) is 0.0866. The average molecular weight is 457 g/mol. The molecule has 0 spiro atoms. The third-order valence-electron chi connectivity index (χ3n) is 4.55. The first-order chi connectivity index (χ1) is 15.0. The molecule has 0 unspecified atom stereocenters. The molecule has 0 heterocycles. The molecule has 0 bridgehead atoms. The molecule has 0 aliphatic carbocycles. The maximum Gasteiger partial charge on any atom is 0.416 e. The number of allylic oxidation sites excluding steroid dienone is 2. The zero-order valence-electron chi connectivity index (χ0n) is 17.3. The van der Waals surface area contributed by atoms with Crippen LogP contribution in [0, 0.1) is 6.92 Å². The number of rotatable bonds is 8. The molecule has 0 aromatic heterocycles. The number of halogens is 6. The lowest BCUT2D eigenvalue weighted by molar-refractivity contribution is -0.137. The van der Waals surface area contributed by atoms with Crippen LogP contribution in [0.3, 0.4) is 0 Å². The van der Waals surface area contributed by atoms with Gasteiger partial charge in [0.1, 0.15) is 12.9 Å². The maximum atomic E-state index is 13.0. The molecule has 32 heavy (non-hydrogen) atoms. The van der Waals surface area contributed by atoms with Gasteiger partial charge < -0.3 is 4.84 Å². The summed E-state index contributed by atoms with van der Waals surface area (Å²) in [5.74, 6) is 0. The molecule has 0 amide bonds. The van der Waals surface area contributed by atoms with Crippen LogP contribution in [0.25, 0.3) is 5.57 Å². The summed E-state index contributed by atoms with van der Waals surface area (Å²) in [6.07, 6.45) is -8.03. The maximum absolute atomic E-state index is 13.0. The summed E-state index contributed by atoms with van der Waals surface area (Å²) < 4.78 is 78.0. The van der Waals surface area contributed by atoms with Gasteiger partial charge >= 0.3 is 12.4 Å². The second kappa shape index (κ2) is 10.5. The van der Waals surface area contributed by atoms with E-state index in [1.54, 1.807) is 31.2 Å². The molecule has 172 valence electrons. The Balaban J connectivity index is 2.40. The van der Waals surface area contributed by atoms with Gasteiger partial charge in [-0.05, 0) is 36.6 Å². The van der Waals surface area contributed by atoms with Crippen molar-refractivity contribution in [2.75, 3.05) is 0 Å². The topological polar surface area (TPSA) is 38.7 Å². The van der Waals surface area contributed by atoms with Crippen LogP contribution < -0.4 is 0 Å². The molecule has 0 atom stereocenters. The van der Waals surface area contributed by atoms with E-state index in [1.807, 2.05) is 6.92 Å². The van der Waals surface area contributed by atoms with E-state index in [4.69, 9.17) is 4.84 Å². The number of hydrogen-bond donors (Lipinski definition) is 0. The van der Waals surface area contributed by atoms with Crippen molar-refractivity contribution in [2.24, 2.45) is 5.16 Å². The normalized spacial score (nSPS) is 13.2. The lowest BCUT2D eigenvalue weighted by Crippen LogP contribution is -2.17. The zero-order valence-corrected chi connectivity index (χ0v) is 17.3. The van der Waals surface area contributed by atoms with Crippen molar-refractivity contribution in [2.45, 2.75) is 45.6 Å². The summed E-state index contributed by atoms with van der Waals surface area (Å²) in [6, 6.07) is 8.62. The number of benzene rings is 2. The van der Waals surface area contributed by atoms with E-state index >= 15 is 0 Å². The predicted molar refractivity (Wildman–Crippen MR) is 109 cm³/mol. The van der Waals surface area contributed by atoms with Crippen molar-refractivity contribution in [1.29, 1.82) is 0 Å².